The van der Waals surface area contributed by atoms with E-state index in [1.165, 1.54) is 5.56 Å². The molecule has 1 saturated heterocycles. The Balaban J connectivity index is 1.83. The number of carbonyl (C=O) groups is 1. The fraction of sp³-hybridized carbons (Fsp3) is 0.500. The summed E-state index contributed by atoms with van der Waals surface area (Å²) in [5, 5.41) is 9.25. The van der Waals surface area contributed by atoms with Gasteiger partial charge in [-0.1, -0.05) is 17.7 Å². The molecule has 0 radical (unpaired) electrons. The minimum Gasteiger partial charge on any atom is -0.335 e. The quantitative estimate of drug-likeness (QED) is 0.751. The standard InChI is InChI=1S/C14H21N3O/c1-10-3-5-12(6-4-10)16-14(18)17-13-7-8-15-11(2)9-13/h3-6,11,13,15H,7-9H2,1-2H3,(H2,16,17,18). The van der Waals surface area contributed by atoms with Crippen LogP contribution in [0.4, 0.5) is 10.5 Å². The molecule has 2 unspecified atom stereocenters. The molecule has 2 rings (SSSR count). The van der Waals surface area contributed by atoms with Gasteiger partial charge in [-0.25, -0.2) is 4.79 Å². The number of aryl methyl sites for hydroxylation is 1. The highest BCUT2D eigenvalue weighted by molar-refractivity contribution is 5.89. The Morgan fingerprint density at radius 2 is 2.06 bits per heavy atom. The van der Waals surface area contributed by atoms with Gasteiger partial charge in [0.2, 0.25) is 0 Å². The first-order valence-electron chi connectivity index (χ1n) is 6.51. The van der Waals surface area contributed by atoms with Crippen LogP contribution in [0.25, 0.3) is 0 Å². The van der Waals surface area contributed by atoms with Gasteiger partial charge in [0.25, 0.3) is 0 Å². The van der Waals surface area contributed by atoms with Crippen molar-refractivity contribution < 1.29 is 4.79 Å². The Labute approximate surface area is 108 Å². The molecule has 18 heavy (non-hydrogen) atoms. The average molecular weight is 247 g/mol. The maximum atomic E-state index is 11.8. The number of urea groups is 1. The first-order valence-corrected chi connectivity index (χ1v) is 6.51. The van der Waals surface area contributed by atoms with E-state index in [1.54, 1.807) is 0 Å². The maximum Gasteiger partial charge on any atom is 0.319 e. The highest BCUT2D eigenvalue weighted by atomic mass is 16.2. The van der Waals surface area contributed by atoms with E-state index in [1.807, 2.05) is 31.2 Å². The number of carbonyl (C=O) groups excluding carboxylic acids is 1. The predicted octanol–water partition coefficient (Wildman–Crippen LogP) is 2.26. The number of hydrogen-bond donors (Lipinski definition) is 3. The molecule has 0 saturated carbocycles. The van der Waals surface area contributed by atoms with Crippen molar-refractivity contribution in [1.29, 1.82) is 0 Å². The van der Waals surface area contributed by atoms with Gasteiger partial charge in [0.15, 0.2) is 0 Å². The van der Waals surface area contributed by atoms with Gasteiger partial charge in [-0.15, -0.1) is 0 Å². The molecule has 1 heterocycles. The summed E-state index contributed by atoms with van der Waals surface area (Å²) in [7, 11) is 0. The number of piperidine rings is 1. The summed E-state index contributed by atoms with van der Waals surface area (Å²) in [5.41, 5.74) is 2.02. The summed E-state index contributed by atoms with van der Waals surface area (Å²) >= 11 is 0. The molecule has 0 aliphatic carbocycles. The summed E-state index contributed by atoms with van der Waals surface area (Å²) in [6, 6.07) is 8.44. The van der Waals surface area contributed by atoms with Crippen molar-refractivity contribution in [3.63, 3.8) is 0 Å². The third kappa shape index (κ3) is 3.74. The normalized spacial score (nSPS) is 23.4. The van der Waals surface area contributed by atoms with Gasteiger partial charge in [0.05, 0.1) is 0 Å². The minimum atomic E-state index is -0.113. The van der Waals surface area contributed by atoms with Crippen molar-refractivity contribution in [1.82, 2.24) is 10.6 Å². The van der Waals surface area contributed by atoms with Crippen LogP contribution in [-0.4, -0.2) is 24.7 Å². The largest absolute Gasteiger partial charge is 0.335 e. The van der Waals surface area contributed by atoms with E-state index in [9.17, 15) is 4.79 Å². The fourth-order valence-corrected chi connectivity index (χ4v) is 2.25. The van der Waals surface area contributed by atoms with Crippen LogP contribution in [0.5, 0.6) is 0 Å². The highest BCUT2D eigenvalue weighted by Crippen LogP contribution is 2.10. The van der Waals surface area contributed by atoms with Gasteiger partial charge in [0, 0.05) is 17.8 Å². The zero-order chi connectivity index (χ0) is 13.0. The smallest absolute Gasteiger partial charge is 0.319 e. The van der Waals surface area contributed by atoms with Gasteiger partial charge < -0.3 is 16.0 Å². The topological polar surface area (TPSA) is 53.2 Å². The van der Waals surface area contributed by atoms with E-state index >= 15 is 0 Å². The third-order valence-electron chi connectivity index (χ3n) is 3.27. The summed E-state index contributed by atoms with van der Waals surface area (Å²) < 4.78 is 0. The maximum absolute atomic E-state index is 11.8. The summed E-state index contributed by atoms with van der Waals surface area (Å²) in [6.07, 6.45) is 1.98. The van der Waals surface area contributed by atoms with E-state index < -0.39 is 0 Å². The van der Waals surface area contributed by atoms with E-state index in [4.69, 9.17) is 0 Å². The second kappa shape index (κ2) is 5.87. The lowest BCUT2D eigenvalue weighted by atomic mass is 10.0. The molecule has 1 aliphatic heterocycles. The van der Waals surface area contributed by atoms with Crippen molar-refractivity contribution in [3.05, 3.63) is 29.8 Å². The van der Waals surface area contributed by atoms with Crippen LogP contribution < -0.4 is 16.0 Å². The van der Waals surface area contributed by atoms with Crippen LogP contribution in [0.15, 0.2) is 24.3 Å². The number of nitrogens with one attached hydrogen (secondary N) is 3. The van der Waals surface area contributed by atoms with Crippen molar-refractivity contribution in [2.75, 3.05) is 11.9 Å². The van der Waals surface area contributed by atoms with Gasteiger partial charge in [-0.05, 0) is 45.4 Å². The molecule has 1 aliphatic rings. The molecule has 0 spiro atoms. The summed E-state index contributed by atoms with van der Waals surface area (Å²) in [5.74, 6) is 0. The molecule has 3 N–H and O–H groups in total. The molecular formula is C14H21N3O. The van der Waals surface area contributed by atoms with E-state index in [-0.39, 0.29) is 12.1 Å². The summed E-state index contributed by atoms with van der Waals surface area (Å²) in [4.78, 5) is 11.8. The van der Waals surface area contributed by atoms with Crippen LogP contribution in [-0.2, 0) is 0 Å². The average Bonchev–Trinajstić information content (AvgIpc) is 2.32. The van der Waals surface area contributed by atoms with E-state index in [2.05, 4.69) is 22.9 Å². The second-order valence-corrected chi connectivity index (χ2v) is 5.04. The van der Waals surface area contributed by atoms with Gasteiger partial charge >= 0.3 is 6.03 Å². The Morgan fingerprint density at radius 1 is 1.33 bits per heavy atom. The number of amides is 2. The second-order valence-electron chi connectivity index (χ2n) is 5.04. The first kappa shape index (κ1) is 12.9. The molecule has 2 atom stereocenters. The zero-order valence-corrected chi connectivity index (χ0v) is 11.0. The van der Waals surface area contributed by atoms with Gasteiger partial charge in [-0.2, -0.15) is 0 Å². The monoisotopic (exact) mass is 247 g/mol. The Kier molecular flexibility index (Phi) is 4.20. The highest BCUT2D eigenvalue weighted by Gasteiger charge is 2.19. The molecule has 1 aromatic carbocycles. The molecule has 1 fully saturated rings. The van der Waals surface area contributed by atoms with Crippen LogP contribution in [0.2, 0.25) is 0 Å². The van der Waals surface area contributed by atoms with Crippen LogP contribution >= 0.6 is 0 Å². The van der Waals surface area contributed by atoms with E-state index in [0.717, 1.165) is 25.1 Å². The fourth-order valence-electron chi connectivity index (χ4n) is 2.25. The lowest BCUT2D eigenvalue weighted by Crippen LogP contribution is -2.47. The number of hydrogen-bond acceptors (Lipinski definition) is 2. The minimum absolute atomic E-state index is 0.113. The van der Waals surface area contributed by atoms with Gasteiger partial charge in [-0.3, -0.25) is 0 Å². The molecule has 0 bridgehead atoms. The number of rotatable bonds is 2. The third-order valence-corrected chi connectivity index (χ3v) is 3.27. The Bertz CT molecular complexity index is 402. The van der Waals surface area contributed by atoms with Crippen LogP contribution in [0, 0.1) is 6.92 Å². The molecule has 2 amide bonds. The number of anilines is 1. The van der Waals surface area contributed by atoms with Crippen molar-refractivity contribution in [3.8, 4) is 0 Å². The molecule has 4 heteroatoms. The lowest BCUT2D eigenvalue weighted by molar-refractivity contribution is 0.242. The first-order chi connectivity index (χ1) is 8.63. The SMILES string of the molecule is Cc1ccc(NC(=O)NC2CCNC(C)C2)cc1. The van der Waals surface area contributed by atoms with Crippen molar-refractivity contribution in [2.24, 2.45) is 0 Å². The van der Waals surface area contributed by atoms with Crippen LogP contribution in [0.1, 0.15) is 25.3 Å². The molecule has 1 aromatic rings. The predicted molar refractivity (Wildman–Crippen MR) is 73.8 cm³/mol. The molecular weight excluding hydrogens is 226 g/mol. The van der Waals surface area contributed by atoms with Crippen molar-refractivity contribution >= 4 is 11.7 Å². The molecule has 0 aromatic heterocycles. The Hall–Kier alpha value is -1.55. The van der Waals surface area contributed by atoms with Crippen LogP contribution in [0.3, 0.4) is 0 Å². The summed E-state index contributed by atoms with van der Waals surface area (Å²) in [6.45, 7) is 5.14. The molecule has 98 valence electrons. The Morgan fingerprint density at radius 3 is 2.72 bits per heavy atom. The number of benzene rings is 1. The van der Waals surface area contributed by atoms with E-state index in [0.29, 0.717) is 6.04 Å². The van der Waals surface area contributed by atoms with Gasteiger partial charge in [0.1, 0.15) is 0 Å². The van der Waals surface area contributed by atoms with Crippen molar-refractivity contribution in [2.45, 2.75) is 38.8 Å². The lowest BCUT2D eigenvalue weighted by Gasteiger charge is -2.28. The molecule has 4 nitrogen and oxygen atoms in total. The zero-order valence-electron chi connectivity index (χ0n) is 11.0.